The Morgan fingerprint density at radius 2 is 2.00 bits per heavy atom. The van der Waals surface area contributed by atoms with E-state index in [1.165, 1.54) is 5.56 Å². The summed E-state index contributed by atoms with van der Waals surface area (Å²) in [6.07, 6.45) is 1.71. The molecule has 0 saturated carbocycles. The predicted octanol–water partition coefficient (Wildman–Crippen LogP) is 4.14. The van der Waals surface area contributed by atoms with Gasteiger partial charge in [0.25, 0.3) is 0 Å². The number of hydrogen-bond acceptors (Lipinski definition) is 5. The van der Waals surface area contributed by atoms with Gasteiger partial charge in [-0.3, -0.25) is 4.90 Å². The van der Waals surface area contributed by atoms with Crippen molar-refractivity contribution < 1.29 is 8.83 Å². The van der Waals surface area contributed by atoms with Gasteiger partial charge < -0.3 is 8.83 Å². The summed E-state index contributed by atoms with van der Waals surface area (Å²) in [5.74, 6) is 2.11. The first-order chi connectivity index (χ1) is 11.0. The zero-order valence-electron chi connectivity index (χ0n) is 13.9. The lowest BCUT2D eigenvalue weighted by Crippen LogP contribution is -2.22. The number of aryl methyl sites for hydroxylation is 2. The third kappa shape index (κ3) is 3.35. The van der Waals surface area contributed by atoms with Gasteiger partial charge in [-0.2, -0.15) is 0 Å². The molecule has 1 unspecified atom stereocenters. The van der Waals surface area contributed by atoms with E-state index in [0.717, 1.165) is 23.4 Å². The zero-order chi connectivity index (χ0) is 16.4. The third-order valence-corrected chi connectivity index (χ3v) is 4.11. The van der Waals surface area contributed by atoms with Crippen molar-refractivity contribution in [3.05, 3.63) is 59.4 Å². The molecule has 5 heteroatoms. The van der Waals surface area contributed by atoms with Gasteiger partial charge in [0.15, 0.2) is 0 Å². The van der Waals surface area contributed by atoms with Crippen LogP contribution < -0.4 is 0 Å². The van der Waals surface area contributed by atoms with Crippen LogP contribution in [0.1, 0.15) is 35.7 Å². The van der Waals surface area contributed by atoms with Crippen LogP contribution in [0.3, 0.4) is 0 Å². The highest BCUT2D eigenvalue weighted by Gasteiger charge is 2.20. The Labute approximate surface area is 135 Å². The van der Waals surface area contributed by atoms with E-state index < -0.39 is 0 Å². The van der Waals surface area contributed by atoms with Crippen molar-refractivity contribution in [1.29, 1.82) is 0 Å². The quantitative estimate of drug-likeness (QED) is 0.709. The van der Waals surface area contributed by atoms with Crippen molar-refractivity contribution >= 4 is 0 Å². The fourth-order valence-corrected chi connectivity index (χ4v) is 2.47. The van der Waals surface area contributed by atoms with E-state index in [0.29, 0.717) is 11.8 Å². The van der Waals surface area contributed by atoms with Crippen LogP contribution in [0.4, 0.5) is 0 Å². The molecule has 0 aliphatic carbocycles. The number of aromatic nitrogens is 2. The van der Waals surface area contributed by atoms with E-state index in [9.17, 15) is 0 Å². The smallest absolute Gasteiger partial charge is 0.247 e. The Kier molecular flexibility index (Phi) is 4.30. The molecule has 0 bridgehead atoms. The van der Waals surface area contributed by atoms with Gasteiger partial charge in [0, 0.05) is 17.7 Å². The van der Waals surface area contributed by atoms with Gasteiger partial charge in [-0.1, -0.05) is 17.7 Å². The second kappa shape index (κ2) is 6.38. The molecule has 0 aliphatic rings. The van der Waals surface area contributed by atoms with Crippen LogP contribution in [0.5, 0.6) is 0 Å². The molecule has 2 heterocycles. The lowest BCUT2D eigenvalue weighted by molar-refractivity contribution is 0.217. The minimum atomic E-state index is 0.0235. The van der Waals surface area contributed by atoms with Crippen LogP contribution in [-0.4, -0.2) is 22.1 Å². The monoisotopic (exact) mass is 311 g/mol. The molecular formula is C18H21N3O2. The SMILES string of the molecule is Cc1cccc(-c2nnc(C(C)N(C)Cc3ccoc3C)o2)c1. The maximum absolute atomic E-state index is 5.87. The van der Waals surface area contributed by atoms with E-state index in [1.54, 1.807) is 6.26 Å². The molecule has 3 aromatic rings. The lowest BCUT2D eigenvalue weighted by atomic mass is 10.1. The lowest BCUT2D eigenvalue weighted by Gasteiger charge is -2.21. The molecular weight excluding hydrogens is 290 g/mol. The summed E-state index contributed by atoms with van der Waals surface area (Å²) in [4.78, 5) is 2.16. The van der Waals surface area contributed by atoms with Gasteiger partial charge in [0.1, 0.15) is 5.76 Å². The van der Waals surface area contributed by atoms with Crippen molar-refractivity contribution in [1.82, 2.24) is 15.1 Å². The minimum absolute atomic E-state index is 0.0235. The highest BCUT2D eigenvalue weighted by atomic mass is 16.4. The fraction of sp³-hybridized carbons (Fsp3) is 0.333. The second-order valence-electron chi connectivity index (χ2n) is 5.91. The predicted molar refractivity (Wildman–Crippen MR) is 87.8 cm³/mol. The molecule has 0 aliphatic heterocycles. The van der Waals surface area contributed by atoms with Crippen LogP contribution in [0.2, 0.25) is 0 Å². The molecule has 0 N–H and O–H groups in total. The maximum atomic E-state index is 5.87. The molecule has 3 rings (SSSR count). The molecule has 5 nitrogen and oxygen atoms in total. The third-order valence-electron chi connectivity index (χ3n) is 4.11. The fourth-order valence-electron chi connectivity index (χ4n) is 2.47. The number of rotatable bonds is 5. The van der Waals surface area contributed by atoms with Gasteiger partial charge >= 0.3 is 0 Å². The van der Waals surface area contributed by atoms with Crippen LogP contribution in [0.25, 0.3) is 11.5 Å². The highest BCUT2D eigenvalue weighted by Crippen LogP contribution is 2.25. The summed E-state index contributed by atoms with van der Waals surface area (Å²) in [5.41, 5.74) is 3.28. The Morgan fingerprint density at radius 3 is 2.70 bits per heavy atom. The molecule has 1 atom stereocenters. The normalized spacial score (nSPS) is 12.7. The minimum Gasteiger partial charge on any atom is -0.469 e. The van der Waals surface area contributed by atoms with E-state index in [4.69, 9.17) is 8.83 Å². The van der Waals surface area contributed by atoms with Crippen LogP contribution in [0, 0.1) is 13.8 Å². The molecule has 0 spiro atoms. The molecule has 1 aromatic carbocycles. The molecule has 0 radical (unpaired) electrons. The van der Waals surface area contributed by atoms with E-state index in [1.807, 2.05) is 51.2 Å². The Bertz CT molecular complexity index is 791. The first-order valence-electron chi connectivity index (χ1n) is 7.68. The van der Waals surface area contributed by atoms with Gasteiger partial charge in [-0.25, -0.2) is 0 Å². The zero-order valence-corrected chi connectivity index (χ0v) is 13.9. The molecule has 23 heavy (non-hydrogen) atoms. The molecule has 2 aromatic heterocycles. The number of nitrogens with zero attached hydrogens (tertiary/aromatic N) is 3. The maximum Gasteiger partial charge on any atom is 0.247 e. The molecule has 120 valence electrons. The topological polar surface area (TPSA) is 55.3 Å². The van der Waals surface area contributed by atoms with Crippen molar-refractivity contribution in [3.63, 3.8) is 0 Å². The van der Waals surface area contributed by atoms with Crippen LogP contribution in [-0.2, 0) is 6.54 Å². The van der Waals surface area contributed by atoms with Crippen molar-refractivity contribution in [2.45, 2.75) is 33.4 Å². The van der Waals surface area contributed by atoms with Gasteiger partial charge in [-0.15, -0.1) is 10.2 Å². The Hall–Kier alpha value is -2.40. The standard InChI is InChI=1S/C18H21N3O2/c1-12-6-5-7-15(10-12)18-20-19-17(23-18)13(2)21(4)11-16-8-9-22-14(16)3/h5-10,13H,11H2,1-4H3. The summed E-state index contributed by atoms with van der Waals surface area (Å²) in [6, 6.07) is 10.1. The molecule has 0 amide bonds. The van der Waals surface area contributed by atoms with Crippen molar-refractivity contribution in [3.8, 4) is 11.5 Å². The summed E-state index contributed by atoms with van der Waals surface area (Å²) < 4.78 is 11.2. The summed E-state index contributed by atoms with van der Waals surface area (Å²) in [7, 11) is 2.04. The van der Waals surface area contributed by atoms with E-state index >= 15 is 0 Å². The van der Waals surface area contributed by atoms with Gasteiger partial charge in [0.2, 0.25) is 11.8 Å². The highest BCUT2D eigenvalue weighted by molar-refractivity contribution is 5.53. The number of furan rings is 1. The molecule has 0 fully saturated rings. The summed E-state index contributed by atoms with van der Waals surface area (Å²) >= 11 is 0. The van der Waals surface area contributed by atoms with Crippen LogP contribution >= 0.6 is 0 Å². The van der Waals surface area contributed by atoms with E-state index in [2.05, 4.69) is 22.0 Å². The summed E-state index contributed by atoms with van der Waals surface area (Å²) in [6.45, 7) is 6.84. The second-order valence-corrected chi connectivity index (χ2v) is 5.91. The average molecular weight is 311 g/mol. The largest absolute Gasteiger partial charge is 0.469 e. The molecule has 0 saturated heterocycles. The van der Waals surface area contributed by atoms with Crippen molar-refractivity contribution in [2.75, 3.05) is 7.05 Å². The van der Waals surface area contributed by atoms with Crippen LogP contribution in [0.15, 0.2) is 45.4 Å². The Morgan fingerprint density at radius 1 is 1.17 bits per heavy atom. The van der Waals surface area contributed by atoms with Gasteiger partial charge in [-0.05, 0) is 46.0 Å². The number of benzene rings is 1. The van der Waals surface area contributed by atoms with Crippen molar-refractivity contribution in [2.24, 2.45) is 0 Å². The first kappa shape index (κ1) is 15.5. The Balaban J connectivity index is 1.75. The summed E-state index contributed by atoms with van der Waals surface area (Å²) in [5, 5.41) is 8.40. The number of hydrogen-bond donors (Lipinski definition) is 0. The van der Waals surface area contributed by atoms with E-state index in [-0.39, 0.29) is 6.04 Å². The first-order valence-corrected chi connectivity index (χ1v) is 7.68. The van der Waals surface area contributed by atoms with Gasteiger partial charge in [0.05, 0.1) is 12.3 Å². The average Bonchev–Trinajstić information content (AvgIpc) is 3.16.